The molecule has 0 saturated carbocycles. The molecule has 0 bridgehead atoms. The fourth-order valence-corrected chi connectivity index (χ4v) is 4.29. The molecule has 1 aliphatic rings. The van der Waals surface area contributed by atoms with E-state index in [9.17, 15) is 31.5 Å². The lowest BCUT2D eigenvalue weighted by Gasteiger charge is -2.38. The number of halogens is 5. The number of hydrogen-bond donors (Lipinski definition) is 1. The SMILES string of the molecule is Cc1oc2ccc(OCc3cncc(C(F)(F)F)c3)cc2c1C(=O)NC1CCN(C(=O)OC(C)(C)C)CC1(F)F. The van der Waals surface area contributed by atoms with Crippen molar-refractivity contribution in [1.29, 1.82) is 0 Å². The van der Waals surface area contributed by atoms with Gasteiger partial charge in [0.05, 0.1) is 23.7 Å². The molecule has 8 nitrogen and oxygen atoms in total. The van der Waals surface area contributed by atoms with Gasteiger partial charge in [-0.2, -0.15) is 13.2 Å². The van der Waals surface area contributed by atoms with Crippen LogP contribution in [0.3, 0.4) is 0 Å². The molecule has 4 rings (SSSR count). The number of nitrogens with zero attached hydrogens (tertiary/aromatic N) is 2. The minimum absolute atomic E-state index is 0.0200. The average molecular weight is 570 g/mol. The Morgan fingerprint density at radius 2 is 1.90 bits per heavy atom. The Balaban J connectivity index is 1.47. The maximum atomic E-state index is 15.0. The number of pyridine rings is 1. The molecule has 13 heteroatoms. The summed E-state index contributed by atoms with van der Waals surface area (Å²) in [4.78, 5) is 29.9. The topological polar surface area (TPSA) is 93.9 Å². The van der Waals surface area contributed by atoms with Crippen LogP contribution in [0.4, 0.5) is 26.7 Å². The zero-order chi connectivity index (χ0) is 29.5. The Morgan fingerprint density at radius 1 is 1.18 bits per heavy atom. The third kappa shape index (κ3) is 6.62. The Morgan fingerprint density at radius 3 is 2.55 bits per heavy atom. The molecule has 2 aromatic heterocycles. The number of benzene rings is 1. The Hall–Kier alpha value is -3.90. The van der Waals surface area contributed by atoms with Crippen LogP contribution in [0.15, 0.2) is 41.1 Å². The van der Waals surface area contributed by atoms with E-state index in [1.54, 1.807) is 20.8 Å². The zero-order valence-electron chi connectivity index (χ0n) is 22.2. The lowest BCUT2D eigenvalue weighted by Crippen LogP contribution is -2.59. The first kappa shape index (κ1) is 29.1. The van der Waals surface area contributed by atoms with Gasteiger partial charge in [-0.3, -0.25) is 9.78 Å². The molecule has 216 valence electrons. The van der Waals surface area contributed by atoms with Crippen molar-refractivity contribution in [2.75, 3.05) is 13.1 Å². The van der Waals surface area contributed by atoms with E-state index < -0.39 is 47.9 Å². The highest BCUT2D eigenvalue weighted by molar-refractivity contribution is 6.07. The van der Waals surface area contributed by atoms with Crippen LogP contribution in [0.5, 0.6) is 5.75 Å². The monoisotopic (exact) mass is 569 g/mol. The number of aryl methyl sites for hydroxylation is 1. The van der Waals surface area contributed by atoms with Gasteiger partial charge in [0.15, 0.2) is 0 Å². The number of alkyl halides is 5. The van der Waals surface area contributed by atoms with E-state index in [0.717, 1.165) is 11.0 Å². The molecular formula is C27H28F5N3O5. The molecule has 0 radical (unpaired) electrons. The van der Waals surface area contributed by atoms with Gasteiger partial charge in [-0.15, -0.1) is 0 Å². The summed E-state index contributed by atoms with van der Waals surface area (Å²) in [5, 5.41) is 2.65. The van der Waals surface area contributed by atoms with Crippen LogP contribution < -0.4 is 10.1 Å². The molecule has 1 fully saturated rings. The third-order valence-electron chi connectivity index (χ3n) is 6.15. The maximum absolute atomic E-state index is 15.0. The quantitative estimate of drug-likeness (QED) is 0.373. The first-order valence-electron chi connectivity index (χ1n) is 12.4. The highest BCUT2D eigenvalue weighted by Gasteiger charge is 2.47. The van der Waals surface area contributed by atoms with E-state index in [0.29, 0.717) is 11.8 Å². The number of hydrogen-bond acceptors (Lipinski definition) is 6. The van der Waals surface area contributed by atoms with E-state index in [1.165, 1.54) is 31.3 Å². The van der Waals surface area contributed by atoms with Crippen molar-refractivity contribution in [2.45, 2.75) is 64.5 Å². The number of likely N-dealkylation sites (tertiary alicyclic amines) is 1. The largest absolute Gasteiger partial charge is 0.489 e. The summed E-state index contributed by atoms with van der Waals surface area (Å²) in [6.07, 6.45) is -3.67. The van der Waals surface area contributed by atoms with Crippen molar-refractivity contribution in [3.05, 3.63) is 59.1 Å². The van der Waals surface area contributed by atoms with Crippen molar-refractivity contribution in [3.63, 3.8) is 0 Å². The van der Waals surface area contributed by atoms with Gasteiger partial charge in [0.2, 0.25) is 0 Å². The standard InChI is InChI=1S/C27H28F5N3O5/c1-15-22(23(36)34-21-7-8-35(14-26(21,28)29)24(37)40-25(2,3)4)19-10-18(5-6-20(19)39-15)38-13-16-9-17(12-33-11-16)27(30,31)32/h5-6,9-12,21H,7-8,13-14H2,1-4H3,(H,34,36). The second-order valence-electron chi connectivity index (χ2n) is 10.5. The van der Waals surface area contributed by atoms with Crippen LogP contribution >= 0.6 is 0 Å². The molecule has 1 aliphatic heterocycles. The molecule has 1 saturated heterocycles. The molecule has 3 aromatic rings. The number of ether oxygens (including phenoxy) is 2. The first-order chi connectivity index (χ1) is 18.5. The second-order valence-corrected chi connectivity index (χ2v) is 10.5. The number of carbonyl (C=O) groups is 2. The fourth-order valence-electron chi connectivity index (χ4n) is 4.29. The van der Waals surface area contributed by atoms with E-state index in [4.69, 9.17) is 13.9 Å². The van der Waals surface area contributed by atoms with Crippen molar-refractivity contribution < 1.29 is 45.4 Å². The van der Waals surface area contributed by atoms with Gasteiger partial charge in [-0.1, -0.05) is 0 Å². The average Bonchev–Trinajstić information content (AvgIpc) is 3.17. The minimum atomic E-state index is -4.55. The molecule has 0 spiro atoms. The van der Waals surface area contributed by atoms with Crippen molar-refractivity contribution in [2.24, 2.45) is 0 Å². The predicted octanol–water partition coefficient (Wildman–Crippen LogP) is 6.11. The van der Waals surface area contributed by atoms with Crippen molar-refractivity contribution in [3.8, 4) is 5.75 Å². The van der Waals surface area contributed by atoms with Gasteiger partial charge >= 0.3 is 12.3 Å². The van der Waals surface area contributed by atoms with E-state index in [2.05, 4.69) is 10.3 Å². The molecule has 1 unspecified atom stereocenters. The van der Waals surface area contributed by atoms with Crippen LogP contribution in [-0.4, -0.2) is 52.5 Å². The smallest absolute Gasteiger partial charge is 0.417 e. The Labute approximate surface area is 226 Å². The lowest BCUT2D eigenvalue weighted by atomic mass is 10.00. The van der Waals surface area contributed by atoms with Crippen LogP contribution in [-0.2, 0) is 17.5 Å². The molecular weight excluding hydrogens is 541 g/mol. The van der Waals surface area contributed by atoms with E-state index in [1.807, 2.05) is 0 Å². The number of carbonyl (C=O) groups excluding carboxylic acids is 2. The number of rotatable bonds is 5. The van der Waals surface area contributed by atoms with Crippen molar-refractivity contribution in [1.82, 2.24) is 15.2 Å². The summed E-state index contributed by atoms with van der Waals surface area (Å²) in [5.41, 5.74) is -1.27. The highest BCUT2D eigenvalue weighted by atomic mass is 19.4. The molecule has 3 heterocycles. The van der Waals surface area contributed by atoms with Gasteiger partial charge in [0.25, 0.3) is 11.8 Å². The maximum Gasteiger partial charge on any atom is 0.417 e. The number of aromatic nitrogens is 1. The van der Waals surface area contributed by atoms with Crippen LogP contribution in [0.25, 0.3) is 11.0 Å². The summed E-state index contributed by atoms with van der Waals surface area (Å²) in [6, 6.07) is 3.84. The first-order valence-corrected chi connectivity index (χ1v) is 12.4. The van der Waals surface area contributed by atoms with Crippen LogP contribution in [0.1, 0.15) is 54.4 Å². The predicted molar refractivity (Wildman–Crippen MR) is 133 cm³/mol. The highest BCUT2D eigenvalue weighted by Crippen LogP contribution is 2.33. The van der Waals surface area contributed by atoms with Crippen LogP contribution in [0, 0.1) is 6.92 Å². The summed E-state index contributed by atoms with van der Waals surface area (Å²) >= 11 is 0. The van der Waals surface area contributed by atoms with Gasteiger partial charge in [-0.05, 0) is 58.4 Å². The lowest BCUT2D eigenvalue weighted by molar-refractivity contribution is -0.137. The molecule has 1 N–H and O–H groups in total. The van der Waals surface area contributed by atoms with Crippen LogP contribution in [0.2, 0.25) is 0 Å². The molecule has 40 heavy (non-hydrogen) atoms. The Kier molecular flexibility index (Phi) is 7.70. The van der Waals surface area contributed by atoms with Gasteiger partial charge in [0.1, 0.15) is 29.3 Å². The molecule has 0 aliphatic carbocycles. The van der Waals surface area contributed by atoms with Gasteiger partial charge < -0.3 is 24.1 Å². The van der Waals surface area contributed by atoms with Gasteiger partial charge in [0, 0.05) is 29.9 Å². The number of furan rings is 1. The van der Waals surface area contributed by atoms with E-state index >= 15 is 0 Å². The number of amides is 2. The normalized spacial score (nSPS) is 17.5. The number of fused-ring (bicyclic) bond motifs is 1. The summed E-state index contributed by atoms with van der Waals surface area (Å²) in [7, 11) is 0. The number of nitrogens with one attached hydrogen (secondary N) is 1. The fraction of sp³-hybridized carbons (Fsp3) is 0.444. The molecule has 2 amide bonds. The summed E-state index contributed by atoms with van der Waals surface area (Å²) in [6.45, 7) is 5.21. The molecule has 1 aromatic carbocycles. The summed E-state index contributed by atoms with van der Waals surface area (Å²) < 4.78 is 85.2. The third-order valence-corrected chi connectivity index (χ3v) is 6.15. The molecule has 1 atom stereocenters. The Bertz CT molecular complexity index is 1410. The van der Waals surface area contributed by atoms with Gasteiger partial charge in [-0.25, -0.2) is 13.6 Å². The zero-order valence-corrected chi connectivity index (χ0v) is 22.2. The minimum Gasteiger partial charge on any atom is -0.489 e. The van der Waals surface area contributed by atoms with Crippen molar-refractivity contribution >= 4 is 23.0 Å². The number of piperidine rings is 1. The summed E-state index contributed by atoms with van der Waals surface area (Å²) in [5.74, 6) is -3.83. The second kappa shape index (κ2) is 10.6. The van der Waals surface area contributed by atoms with E-state index in [-0.39, 0.29) is 47.6 Å².